The summed E-state index contributed by atoms with van der Waals surface area (Å²) < 4.78 is 7.66. The molecule has 1 saturated heterocycles. The first-order valence-corrected chi connectivity index (χ1v) is 10.3. The van der Waals surface area contributed by atoms with E-state index in [9.17, 15) is 4.79 Å². The molecule has 2 aliphatic heterocycles. The number of fused-ring (bicyclic) bond motifs is 1. The number of hydrogen-bond acceptors (Lipinski definition) is 5. The third-order valence-corrected chi connectivity index (χ3v) is 5.72. The molecule has 1 aromatic heterocycles. The zero-order valence-corrected chi connectivity index (χ0v) is 16.6. The summed E-state index contributed by atoms with van der Waals surface area (Å²) in [7, 11) is 0. The van der Waals surface area contributed by atoms with E-state index in [0.29, 0.717) is 19.6 Å². The summed E-state index contributed by atoms with van der Waals surface area (Å²) in [6.45, 7) is 7.27. The molecule has 0 radical (unpaired) electrons. The maximum Gasteiger partial charge on any atom is 0.249 e. The summed E-state index contributed by atoms with van der Waals surface area (Å²) in [6.07, 6.45) is 3.12. The number of carbonyl (C=O) groups is 1. The lowest BCUT2D eigenvalue weighted by Crippen LogP contribution is -2.35. The largest absolute Gasteiger partial charge is 0.368 e. The van der Waals surface area contributed by atoms with Crippen molar-refractivity contribution < 1.29 is 9.53 Å². The lowest BCUT2D eigenvalue weighted by molar-refractivity contribution is -0.130. The van der Waals surface area contributed by atoms with Crippen molar-refractivity contribution in [3.05, 3.63) is 47.0 Å². The predicted octanol–water partition coefficient (Wildman–Crippen LogP) is 1.48. The quantitative estimate of drug-likeness (QED) is 0.818. The van der Waals surface area contributed by atoms with Gasteiger partial charge in [-0.2, -0.15) is 0 Å². The molecule has 2 aliphatic rings. The van der Waals surface area contributed by atoms with Crippen molar-refractivity contribution in [3.63, 3.8) is 0 Å². The summed E-state index contributed by atoms with van der Waals surface area (Å²) in [6, 6.07) is 8.58. The molecule has 1 N–H and O–H groups in total. The van der Waals surface area contributed by atoms with E-state index < -0.39 is 0 Å². The molecular weight excluding hydrogens is 354 g/mol. The van der Waals surface area contributed by atoms with Crippen LogP contribution < -0.4 is 5.32 Å². The van der Waals surface area contributed by atoms with Crippen LogP contribution in [0.15, 0.2) is 24.3 Å². The highest BCUT2D eigenvalue weighted by molar-refractivity contribution is 5.80. The van der Waals surface area contributed by atoms with E-state index in [1.165, 1.54) is 11.1 Å². The smallest absolute Gasteiger partial charge is 0.249 e. The third kappa shape index (κ3) is 4.42. The molecule has 1 amide bonds. The van der Waals surface area contributed by atoms with Gasteiger partial charge in [0.1, 0.15) is 17.8 Å². The molecule has 1 aromatic carbocycles. The van der Waals surface area contributed by atoms with Crippen LogP contribution >= 0.6 is 0 Å². The molecule has 0 aliphatic carbocycles. The zero-order chi connectivity index (χ0) is 19.3. The number of nitrogens with zero attached hydrogens (tertiary/aromatic N) is 4. The Hall–Kier alpha value is -2.25. The highest BCUT2D eigenvalue weighted by Crippen LogP contribution is 2.15. The van der Waals surface area contributed by atoms with Crippen LogP contribution in [0.1, 0.15) is 35.6 Å². The molecule has 0 bridgehead atoms. The average molecular weight is 383 g/mol. The van der Waals surface area contributed by atoms with Gasteiger partial charge < -0.3 is 14.6 Å². The Bertz CT molecular complexity index is 813. The number of rotatable bonds is 6. The van der Waals surface area contributed by atoms with Crippen molar-refractivity contribution in [3.8, 4) is 0 Å². The number of aromatic nitrogens is 3. The van der Waals surface area contributed by atoms with Crippen molar-refractivity contribution >= 4 is 5.91 Å². The molecule has 0 saturated carbocycles. The van der Waals surface area contributed by atoms with Gasteiger partial charge >= 0.3 is 0 Å². The second kappa shape index (κ2) is 8.84. The number of ether oxygens (including phenoxy) is 1. The Balaban J connectivity index is 1.31. The second-order valence-electron chi connectivity index (χ2n) is 7.68. The Morgan fingerprint density at radius 1 is 1.25 bits per heavy atom. The number of nitrogens with one attached hydrogen (secondary N) is 1. The second-order valence-corrected chi connectivity index (χ2v) is 7.68. The van der Waals surface area contributed by atoms with Crippen LogP contribution in [-0.4, -0.2) is 57.9 Å². The van der Waals surface area contributed by atoms with E-state index in [2.05, 4.69) is 56.2 Å². The fourth-order valence-corrected chi connectivity index (χ4v) is 3.99. The number of carbonyl (C=O) groups excluding carboxylic acids is 1. The minimum atomic E-state index is -0.273. The molecule has 4 rings (SSSR count). The molecule has 1 fully saturated rings. The highest BCUT2D eigenvalue weighted by atomic mass is 16.5. The van der Waals surface area contributed by atoms with Gasteiger partial charge in [0, 0.05) is 52.2 Å². The van der Waals surface area contributed by atoms with Gasteiger partial charge in [0.25, 0.3) is 0 Å². The van der Waals surface area contributed by atoms with E-state index >= 15 is 0 Å². The van der Waals surface area contributed by atoms with Crippen LogP contribution in [0.3, 0.4) is 0 Å². The van der Waals surface area contributed by atoms with Gasteiger partial charge in [0.05, 0.1) is 0 Å². The van der Waals surface area contributed by atoms with Gasteiger partial charge in [0.2, 0.25) is 5.91 Å². The monoisotopic (exact) mass is 383 g/mol. The number of amides is 1. The SMILES string of the molecule is Cc1ccccc1CN1CCc2nnc(CCNC(=O)C3CCCO3)n2CC1. The summed E-state index contributed by atoms with van der Waals surface area (Å²) >= 11 is 0. The van der Waals surface area contributed by atoms with Crippen molar-refractivity contribution in [2.24, 2.45) is 0 Å². The molecular formula is C21H29N5O2. The van der Waals surface area contributed by atoms with Gasteiger partial charge in [-0.15, -0.1) is 10.2 Å². The third-order valence-electron chi connectivity index (χ3n) is 5.72. The van der Waals surface area contributed by atoms with Gasteiger partial charge in [-0.1, -0.05) is 24.3 Å². The molecule has 2 aromatic rings. The van der Waals surface area contributed by atoms with Crippen LogP contribution in [0.4, 0.5) is 0 Å². The van der Waals surface area contributed by atoms with Crippen molar-refractivity contribution in [2.45, 2.75) is 51.8 Å². The molecule has 7 nitrogen and oxygen atoms in total. The van der Waals surface area contributed by atoms with E-state index in [-0.39, 0.29) is 12.0 Å². The molecule has 0 spiro atoms. The predicted molar refractivity (Wildman–Crippen MR) is 106 cm³/mol. The maximum absolute atomic E-state index is 12.1. The first kappa shape index (κ1) is 19.1. The normalized spacial score (nSPS) is 20.0. The van der Waals surface area contributed by atoms with E-state index in [0.717, 1.165) is 57.1 Å². The summed E-state index contributed by atoms with van der Waals surface area (Å²) in [4.78, 5) is 14.6. The van der Waals surface area contributed by atoms with E-state index in [1.54, 1.807) is 0 Å². The maximum atomic E-state index is 12.1. The Morgan fingerprint density at radius 2 is 2.14 bits per heavy atom. The standard InChI is InChI=1S/C21H29N5O2/c1-16-5-2-3-6-17(16)15-25-11-9-20-24-23-19(26(20)13-12-25)8-10-22-21(27)18-7-4-14-28-18/h2-3,5-6,18H,4,7-15H2,1H3,(H,22,27). The Kier molecular flexibility index (Phi) is 6.02. The zero-order valence-electron chi connectivity index (χ0n) is 16.6. The van der Waals surface area contributed by atoms with Gasteiger partial charge in [0.15, 0.2) is 0 Å². The van der Waals surface area contributed by atoms with Crippen molar-refractivity contribution in [1.82, 2.24) is 25.0 Å². The summed E-state index contributed by atoms with van der Waals surface area (Å²) in [5, 5.41) is 11.7. The van der Waals surface area contributed by atoms with E-state index in [4.69, 9.17) is 4.74 Å². The molecule has 1 unspecified atom stereocenters. The fraction of sp³-hybridized carbons (Fsp3) is 0.571. The first-order valence-electron chi connectivity index (χ1n) is 10.3. The summed E-state index contributed by atoms with van der Waals surface area (Å²) in [5.74, 6) is 2.01. The minimum Gasteiger partial charge on any atom is -0.368 e. The van der Waals surface area contributed by atoms with Crippen LogP contribution in [0.5, 0.6) is 0 Å². The van der Waals surface area contributed by atoms with E-state index in [1.807, 2.05) is 0 Å². The first-order chi connectivity index (χ1) is 13.7. The molecule has 3 heterocycles. The lowest BCUT2D eigenvalue weighted by Gasteiger charge is -2.20. The molecule has 1 atom stereocenters. The van der Waals surface area contributed by atoms with Crippen LogP contribution in [0, 0.1) is 6.92 Å². The minimum absolute atomic E-state index is 0.00230. The van der Waals surface area contributed by atoms with Crippen LogP contribution in [0.2, 0.25) is 0 Å². The Labute approximate surface area is 166 Å². The van der Waals surface area contributed by atoms with Gasteiger partial charge in [-0.3, -0.25) is 9.69 Å². The number of benzene rings is 1. The van der Waals surface area contributed by atoms with Gasteiger partial charge in [-0.05, 0) is 30.9 Å². The van der Waals surface area contributed by atoms with Crippen molar-refractivity contribution in [2.75, 3.05) is 26.2 Å². The lowest BCUT2D eigenvalue weighted by atomic mass is 10.1. The van der Waals surface area contributed by atoms with Crippen LogP contribution in [-0.2, 0) is 35.5 Å². The molecule has 150 valence electrons. The summed E-state index contributed by atoms with van der Waals surface area (Å²) in [5.41, 5.74) is 2.73. The topological polar surface area (TPSA) is 72.3 Å². The molecule has 28 heavy (non-hydrogen) atoms. The fourth-order valence-electron chi connectivity index (χ4n) is 3.99. The number of aryl methyl sites for hydroxylation is 1. The van der Waals surface area contributed by atoms with Crippen LogP contribution in [0.25, 0.3) is 0 Å². The van der Waals surface area contributed by atoms with Crippen molar-refractivity contribution in [1.29, 1.82) is 0 Å². The average Bonchev–Trinajstić information content (AvgIpc) is 3.32. The Morgan fingerprint density at radius 3 is 2.96 bits per heavy atom. The highest BCUT2D eigenvalue weighted by Gasteiger charge is 2.23. The van der Waals surface area contributed by atoms with Gasteiger partial charge in [-0.25, -0.2) is 0 Å². The molecule has 7 heteroatoms. The number of hydrogen-bond donors (Lipinski definition) is 1.